The van der Waals surface area contributed by atoms with Crippen molar-refractivity contribution in [3.05, 3.63) is 76.5 Å². The molecule has 4 N–H and O–H groups in total. The second kappa shape index (κ2) is 8.77. The molecule has 3 heterocycles. The van der Waals surface area contributed by atoms with E-state index in [1.165, 1.54) is 0 Å². The molecule has 0 fully saturated rings. The Balaban J connectivity index is 1.89. The molecule has 0 bridgehead atoms. The highest BCUT2D eigenvalue weighted by Gasteiger charge is 2.42. The lowest BCUT2D eigenvalue weighted by Crippen LogP contribution is -2.27. The van der Waals surface area contributed by atoms with Crippen LogP contribution in [0.1, 0.15) is 43.3 Å². The molecule has 3 aromatic rings. The fraction of sp³-hybridized carbons (Fsp3) is 0.250. The van der Waals surface area contributed by atoms with Crippen LogP contribution in [0, 0.1) is 17.5 Å². The average molecular weight is 468 g/mol. The van der Waals surface area contributed by atoms with Crippen LogP contribution in [-0.4, -0.2) is 25.8 Å². The summed E-state index contributed by atoms with van der Waals surface area (Å²) in [6.07, 6.45) is 1.86. The van der Waals surface area contributed by atoms with Crippen LogP contribution in [0.4, 0.5) is 24.8 Å². The van der Waals surface area contributed by atoms with E-state index >= 15 is 0 Å². The van der Waals surface area contributed by atoms with E-state index in [1.54, 1.807) is 32.2 Å². The number of carbonyl (C=O) groups excluding carboxylic acids is 1. The van der Waals surface area contributed by atoms with Crippen molar-refractivity contribution < 1.29 is 18.0 Å². The molecular weight excluding hydrogens is 445 g/mol. The highest BCUT2D eigenvalue weighted by atomic mass is 19.2. The zero-order valence-corrected chi connectivity index (χ0v) is 18.8. The third-order valence-electron chi connectivity index (χ3n) is 5.73. The average Bonchev–Trinajstić information content (AvgIpc) is 3.08. The number of nitrogens with two attached hydrogens (primary N) is 1. The number of hydrogen-bond acceptors (Lipinski definition) is 5. The van der Waals surface area contributed by atoms with Gasteiger partial charge in [-0.1, -0.05) is 19.1 Å². The molecule has 0 saturated heterocycles. The Labute approximate surface area is 194 Å². The molecule has 7 nitrogen and oxygen atoms in total. The summed E-state index contributed by atoms with van der Waals surface area (Å²) in [7, 11) is 0. The molecule has 1 aliphatic rings. The molecule has 0 radical (unpaired) electrons. The maximum atomic E-state index is 14.3. The summed E-state index contributed by atoms with van der Waals surface area (Å²) in [6.45, 7) is 5.37. The summed E-state index contributed by atoms with van der Waals surface area (Å²) in [4.78, 5) is 28.5. The van der Waals surface area contributed by atoms with Gasteiger partial charge in [-0.3, -0.25) is 4.79 Å². The third kappa shape index (κ3) is 4.18. The number of benzene rings is 1. The first-order chi connectivity index (χ1) is 16.1. The zero-order chi connectivity index (χ0) is 24.6. The summed E-state index contributed by atoms with van der Waals surface area (Å²) >= 11 is 0. The van der Waals surface area contributed by atoms with E-state index in [4.69, 9.17) is 5.73 Å². The molecule has 1 aromatic carbocycles. The van der Waals surface area contributed by atoms with Crippen LogP contribution in [0.25, 0.3) is 11.5 Å². The fourth-order valence-corrected chi connectivity index (χ4v) is 3.71. The number of nitrogens with one attached hydrogen (secondary N) is 2. The largest absolute Gasteiger partial charge is 0.383 e. The van der Waals surface area contributed by atoms with Crippen molar-refractivity contribution in [3.8, 4) is 11.5 Å². The van der Waals surface area contributed by atoms with Crippen molar-refractivity contribution in [2.24, 2.45) is 0 Å². The first-order valence-corrected chi connectivity index (χ1v) is 10.6. The van der Waals surface area contributed by atoms with Gasteiger partial charge >= 0.3 is 0 Å². The van der Waals surface area contributed by atoms with Gasteiger partial charge in [0.15, 0.2) is 17.5 Å². The highest BCUT2D eigenvalue weighted by Crippen LogP contribution is 2.39. The highest BCUT2D eigenvalue weighted by molar-refractivity contribution is 6.06. The van der Waals surface area contributed by atoms with E-state index in [1.807, 2.05) is 13.0 Å². The topological polar surface area (TPSA) is 110 Å². The molecule has 34 heavy (non-hydrogen) atoms. The predicted molar refractivity (Wildman–Crippen MR) is 122 cm³/mol. The van der Waals surface area contributed by atoms with E-state index in [9.17, 15) is 18.0 Å². The fourth-order valence-electron chi connectivity index (χ4n) is 3.71. The molecule has 2 aromatic heterocycles. The molecule has 176 valence electrons. The lowest BCUT2D eigenvalue weighted by Gasteiger charge is -2.16. The van der Waals surface area contributed by atoms with Gasteiger partial charge in [0.2, 0.25) is 5.91 Å². The number of fused-ring (bicyclic) bond motifs is 1. The van der Waals surface area contributed by atoms with Crippen LogP contribution >= 0.6 is 0 Å². The number of carbonyl (C=O) groups is 1. The van der Waals surface area contributed by atoms with Gasteiger partial charge in [-0.15, -0.1) is 0 Å². The minimum absolute atomic E-state index is 0.128. The van der Waals surface area contributed by atoms with Crippen molar-refractivity contribution in [1.29, 1.82) is 0 Å². The summed E-state index contributed by atoms with van der Waals surface area (Å²) in [6, 6.07) is 6.82. The van der Waals surface area contributed by atoms with E-state index in [-0.39, 0.29) is 35.6 Å². The van der Waals surface area contributed by atoms with Crippen molar-refractivity contribution >= 4 is 17.5 Å². The molecule has 0 saturated carbocycles. The number of rotatable bonds is 4. The minimum Gasteiger partial charge on any atom is -0.383 e. The Hall–Kier alpha value is -3.95. The Kier molecular flexibility index (Phi) is 5.99. The SMILES string of the molecule is CCc1cccc(-c2nc(N)c3c(n2)NC(=O)C3(C)C)[nH]c(Cc2c(F)ccc(F)c2F)nc1. The maximum Gasteiger partial charge on any atom is 0.235 e. The quantitative estimate of drug-likeness (QED) is 0.493. The second-order valence-electron chi connectivity index (χ2n) is 8.43. The van der Waals surface area contributed by atoms with E-state index < -0.39 is 28.4 Å². The first kappa shape index (κ1) is 23.2. The molecule has 1 aliphatic heterocycles. The van der Waals surface area contributed by atoms with E-state index in [0.29, 0.717) is 17.7 Å². The number of aromatic nitrogens is 4. The lowest BCUT2D eigenvalue weighted by molar-refractivity contribution is -0.119. The molecule has 4 rings (SSSR count). The van der Waals surface area contributed by atoms with Crippen LogP contribution in [0.3, 0.4) is 0 Å². The van der Waals surface area contributed by atoms with Crippen LogP contribution in [0.15, 0.2) is 36.5 Å². The van der Waals surface area contributed by atoms with E-state index in [2.05, 4.69) is 25.3 Å². The maximum absolute atomic E-state index is 14.3. The Morgan fingerprint density at radius 3 is 2.53 bits per heavy atom. The number of aryl methyl sites for hydroxylation is 1. The number of nitrogens with zero attached hydrogens (tertiary/aromatic N) is 3. The standard InChI is InChI=1S/C24H23F3N6O/c1-4-12-6-5-7-16(21-31-20(28)18-22(32-21)33-23(34)24(18,2)3)30-17(29-11-12)10-13-14(25)8-9-15(26)19(13)27/h5-9,11H,4,10H2,1-3H3,(H,29,30)(H3,28,31,32,33,34). The number of hydrogen-bond donors (Lipinski definition) is 3. The summed E-state index contributed by atoms with van der Waals surface area (Å²) < 4.78 is 42.4. The van der Waals surface area contributed by atoms with Gasteiger partial charge < -0.3 is 16.0 Å². The summed E-state index contributed by atoms with van der Waals surface area (Å²) in [5.41, 5.74) is 6.49. The van der Waals surface area contributed by atoms with Crippen LogP contribution in [0.5, 0.6) is 0 Å². The molecule has 0 unspecified atom stereocenters. The van der Waals surface area contributed by atoms with Gasteiger partial charge in [0.05, 0.1) is 16.7 Å². The third-order valence-corrected chi connectivity index (χ3v) is 5.73. The number of anilines is 2. The molecule has 0 atom stereocenters. The van der Waals surface area contributed by atoms with Gasteiger partial charge in [0.1, 0.15) is 23.3 Å². The minimum atomic E-state index is -1.28. The number of amides is 1. The lowest BCUT2D eigenvalue weighted by atomic mass is 9.87. The Morgan fingerprint density at radius 1 is 1.06 bits per heavy atom. The summed E-state index contributed by atoms with van der Waals surface area (Å²) in [5.74, 6) is -2.89. The van der Waals surface area contributed by atoms with Gasteiger partial charge in [-0.25, -0.2) is 28.1 Å². The summed E-state index contributed by atoms with van der Waals surface area (Å²) in [5, 5.41) is 2.71. The Bertz CT molecular complexity index is 1350. The molecule has 0 aliphatic carbocycles. The number of aromatic amines is 1. The van der Waals surface area contributed by atoms with Crippen LogP contribution in [-0.2, 0) is 23.1 Å². The van der Waals surface area contributed by atoms with Gasteiger partial charge in [-0.2, -0.15) is 0 Å². The molecule has 0 spiro atoms. The Morgan fingerprint density at radius 2 is 1.79 bits per heavy atom. The van der Waals surface area contributed by atoms with Gasteiger partial charge in [0, 0.05) is 18.2 Å². The second-order valence-corrected chi connectivity index (χ2v) is 8.43. The van der Waals surface area contributed by atoms with Crippen molar-refractivity contribution in [1.82, 2.24) is 19.9 Å². The van der Waals surface area contributed by atoms with Crippen molar-refractivity contribution in [2.45, 2.75) is 39.0 Å². The van der Waals surface area contributed by atoms with E-state index in [0.717, 1.165) is 17.7 Å². The van der Waals surface area contributed by atoms with Gasteiger partial charge in [0.25, 0.3) is 0 Å². The zero-order valence-electron chi connectivity index (χ0n) is 18.8. The van der Waals surface area contributed by atoms with Crippen molar-refractivity contribution in [2.75, 3.05) is 11.1 Å². The molecule has 1 amide bonds. The van der Waals surface area contributed by atoms with Crippen LogP contribution < -0.4 is 11.1 Å². The monoisotopic (exact) mass is 468 g/mol. The molecular formula is C24H23F3N6O. The smallest absolute Gasteiger partial charge is 0.235 e. The number of nitrogen functional groups attached to an aromatic ring is 1. The van der Waals surface area contributed by atoms with Gasteiger partial charge in [-0.05, 0) is 44.0 Å². The molecule has 10 heteroatoms. The van der Waals surface area contributed by atoms with Crippen molar-refractivity contribution in [3.63, 3.8) is 0 Å². The number of H-pyrrole nitrogens is 1. The predicted octanol–water partition coefficient (Wildman–Crippen LogP) is 4.37. The first-order valence-electron chi connectivity index (χ1n) is 10.6. The van der Waals surface area contributed by atoms with Crippen LogP contribution in [0.2, 0.25) is 0 Å². The normalized spacial score (nSPS) is 13.9. The number of halogens is 3.